The molecular weight excluding hydrogens is 256 g/mol. The summed E-state index contributed by atoms with van der Waals surface area (Å²) in [5.41, 5.74) is 0. The Morgan fingerprint density at radius 3 is 2.61 bits per heavy atom. The van der Waals surface area contributed by atoms with E-state index in [1.54, 1.807) is 19.1 Å². The lowest BCUT2D eigenvalue weighted by Gasteiger charge is -2.05. The second-order valence-electron chi connectivity index (χ2n) is 3.39. The molecule has 0 radical (unpaired) electrons. The van der Waals surface area contributed by atoms with Gasteiger partial charge in [-0.25, -0.2) is 9.59 Å². The highest BCUT2D eigenvalue weighted by atomic mass is 32.1. The summed E-state index contributed by atoms with van der Waals surface area (Å²) < 4.78 is 4.76. The number of urea groups is 1. The Kier molecular flexibility index (Phi) is 5.31. The third kappa shape index (κ3) is 4.54. The molecule has 0 fully saturated rings. The van der Waals surface area contributed by atoms with Gasteiger partial charge in [0, 0.05) is 11.4 Å². The van der Waals surface area contributed by atoms with Crippen LogP contribution in [0.1, 0.15) is 21.5 Å². The van der Waals surface area contributed by atoms with Gasteiger partial charge in [0.2, 0.25) is 0 Å². The molecule has 1 rings (SSSR count). The number of hydrogen-bond donors (Lipinski definition) is 2. The van der Waals surface area contributed by atoms with Gasteiger partial charge in [0.05, 0.1) is 0 Å². The molecule has 0 saturated heterocycles. The first kappa shape index (κ1) is 14.2. The van der Waals surface area contributed by atoms with E-state index in [9.17, 15) is 14.4 Å². The highest BCUT2D eigenvalue weighted by Gasteiger charge is 2.13. The van der Waals surface area contributed by atoms with E-state index in [1.807, 2.05) is 12.2 Å². The van der Waals surface area contributed by atoms with Crippen molar-refractivity contribution >= 4 is 29.2 Å². The SMILES string of the molecule is CCNC(=O)NC(=O)COC(=O)c1ccc(C)s1. The number of carbonyl (C=O) groups excluding carboxylic acids is 3. The molecule has 1 aromatic rings. The van der Waals surface area contributed by atoms with Gasteiger partial charge in [-0.3, -0.25) is 10.1 Å². The van der Waals surface area contributed by atoms with Crippen molar-refractivity contribution in [2.45, 2.75) is 13.8 Å². The summed E-state index contributed by atoms with van der Waals surface area (Å²) >= 11 is 1.28. The maximum atomic E-state index is 11.5. The summed E-state index contributed by atoms with van der Waals surface area (Å²) in [6, 6.07) is 2.81. The molecule has 98 valence electrons. The van der Waals surface area contributed by atoms with Crippen LogP contribution < -0.4 is 10.6 Å². The molecule has 7 heteroatoms. The lowest BCUT2D eigenvalue weighted by atomic mass is 10.4. The fraction of sp³-hybridized carbons (Fsp3) is 0.364. The average molecular weight is 270 g/mol. The maximum absolute atomic E-state index is 11.5. The summed E-state index contributed by atoms with van der Waals surface area (Å²) in [5, 5.41) is 4.42. The van der Waals surface area contributed by atoms with Crippen LogP contribution in [0.2, 0.25) is 0 Å². The molecule has 18 heavy (non-hydrogen) atoms. The van der Waals surface area contributed by atoms with Crippen LogP contribution in [0.25, 0.3) is 0 Å². The van der Waals surface area contributed by atoms with Crippen molar-refractivity contribution < 1.29 is 19.1 Å². The molecule has 0 spiro atoms. The normalized spacial score (nSPS) is 9.67. The molecule has 0 aliphatic heterocycles. The molecule has 0 bridgehead atoms. The zero-order chi connectivity index (χ0) is 13.5. The number of esters is 1. The number of amides is 3. The Bertz CT molecular complexity index is 456. The van der Waals surface area contributed by atoms with Crippen LogP contribution in [0.5, 0.6) is 0 Å². The highest BCUT2D eigenvalue weighted by molar-refractivity contribution is 7.13. The second kappa shape index (κ2) is 6.75. The number of rotatable bonds is 4. The van der Waals surface area contributed by atoms with Crippen LogP contribution in [0.15, 0.2) is 12.1 Å². The average Bonchev–Trinajstić information content (AvgIpc) is 2.73. The van der Waals surface area contributed by atoms with E-state index < -0.39 is 24.5 Å². The first-order chi connectivity index (χ1) is 8.52. The van der Waals surface area contributed by atoms with Crippen molar-refractivity contribution in [3.63, 3.8) is 0 Å². The fourth-order valence-corrected chi connectivity index (χ4v) is 1.88. The summed E-state index contributed by atoms with van der Waals surface area (Å²) in [4.78, 5) is 35.1. The zero-order valence-electron chi connectivity index (χ0n) is 10.1. The molecule has 0 atom stereocenters. The summed E-state index contributed by atoms with van der Waals surface area (Å²) in [5.74, 6) is -1.23. The standard InChI is InChI=1S/C11H14N2O4S/c1-3-12-11(16)13-9(14)6-17-10(15)8-5-4-7(2)18-8/h4-5H,3,6H2,1-2H3,(H2,12,13,14,16). The molecule has 1 heterocycles. The first-order valence-electron chi connectivity index (χ1n) is 5.34. The number of hydrogen-bond acceptors (Lipinski definition) is 5. The van der Waals surface area contributed by atoms with Crippen LogP contribution >= 0.6 is 11.3 Å². The van der Waals surface area contributed by atoms with Crippen LogP contribution in [-0.2, 0) is 9.53 Å². The molecule has 0 aliphatic rings. The van der Waals surface area contributed by atoms with Crippen molar-refractivity contribution in [2.24, 2.45) is 0 Å². The Morgan fingerprint density at radius 1 is 1.33 bits per heavy atom. The Balaban J connectivity index is 2.34. The number of nitrogens with one attached hydrogen (secondary N) is 2. The van der Waals surface area contributed by atoms with Gasteiger partial charge in [0.15, 0.2) is 6.61 Å². The molecule has 0 aromatic carbocycles. The van der Waals surface area contributed by atoms with Gasteiger partial charge in [0.25, 0.3) is 5.91 Å². The molecule has 0 saturated carbocycles. The van der Waals surface area contributed by atoms with Crippen LogP contribution in [0, 0.1) is 6.92 Å². The number of carbonyl (C=O) groups is 3. The molecule has 0 aliphatic carbocycles. The number of imide groups is 1. The van der Waals surface area contributed by atoms with Crippen molar-refractivity contribution in [3.05, 3.63) is 21.9 Å². The van der Waals surface area contributed by atoms with E-state index >= 15 is 0 Å². The second-order valence-corrected chi connectivity index (χ2v) is 4.68. The Hall–Kier alpha value is -1.89. The largest absolute Gasteiger partial charge is 0.451 e. The molecule has 3 amide bonds. The van der Waals surface area contributed by atoms with Gasteiger partial charge < -0.3 is 10.1 Å². The summed E-state index contributed by atoms with van der Waals surface area (Å²) in [7, 11) is 0. The van der Waals surface area contributed by atoms with E-state index in [-0.39, 0.29) is 0 Å². The maximum Gasteiger partial charge on any atom is 0.348 e. The summed E-state index contributed by atoms with van der Waals surface area (Å²) in [6.45, 7) is 3.52. The van der Waals surface area contributed by atoms with E-state index in [4.69, 9.17) is 4.74 Å². The van der Waals surface area contributed by atoms with Gasteiger partial charge in [-0.05, 0) is 26.0 Å². The molecule has 2 N–H and O–H groups in total. The minimum Gasteiger partial charge on any atom is -0.451 e. The quantitative estimate of drug-likeness (QED) is 0.801. The van der Waals surface area contributed by atoms with Gasteiger partial charge in [-0.1, -0.05) is 0 Å². The number of aryl methyl sites for hydroxylation is 1. The number of thiophene rings is 1. The highest BCUT2D eigenvalue weighted by Crippen LogP contribution is 2.15. The topological polar surface area (TPSA) is 84.5 Å². The minimum atomic E-state index is -0.664. The summed E-state index contributed by atoms with van der Waals surface area (Å²) in [6.07, 6.45) is 0. The number of ether oxygens (including phenoxy) is 1. The van der Waals surface area contributed by atoms with Crippen molar-refractivity contribution in [2.75, 3.05) is 13.2 Å². The van der Waals surface area contributed by atoms with E-state index in [1.165, 1.54) is 11.3 Å². The third-order valence-electron chi connectivity index (χ3n) is 1.87. The molecule has 6 nitrogen and oxygen atoms in total. The van der Waals surface area contributed by atoms with Crippen molar-refractivity contribution in [1.29, 1.82) is 0 Å². The van der Waals surface area contributed by atoms with E-state index in [0.717, 1.165) is 4.88 Å². The molecular formula is C11H14N2O4S. The zero-order valence-corrected chi connectivity index (χ0v) is 10.9. The van der Waals surface area contributed by atoms with Crippen LogP contribution in [0.3, 0.4) is 0 Å². The van der Waals surface area contributed by atoms with E-state index in [0.29, 0.717) is 11.4 Å². The van der Waals surface area contributed by atoms with E-state index in [2.05, 4.69) is 5.32 Å². The van der Waals surface area contributed by atoms with Crippen molar-refractivity contribution in [1.82, 2.24) is 10.6 Å². The van der Waals surface area contributed by atoms with Gasteiger partial charge in [-0.15, -0.1) is 11.3 Å². The lowest BCUT2D eigenvalue weighted by molar-refractivity contribution is -0.123. The monoisotopic (exact) mass is 270 g/mol. The van der Waals surface area contributed by atoms with Crippen molar-refractivity contribution in [3.8, 4) is 0 Å². The fourth-order valence-electron chi connectivity index (χ4n) is 1.11. The van der Waals surface area contributed by atoms with Crippen LogP contribution in [-0.4, -0.2) is 31.1 Å². The molecule has 1 aromatic heterocycles. The molecule has 0 unspecified atom stereocenters. The predicted octanol–water partition coefficient (Wildman–Crippen LogP) is 1.06. The lowest BCUT2D eigenvalue weighted by Crippen LogP contribution is -2.41. The Labute approximate surface area is 108 Å². The third-order valence-corrected chi connectivity index (χ3v) is 2.85. The van der Waals surface area contributed by atoms with Gasteiger partial charge in [0.1, 0.15) is 4.88 Å². The van der Waals surface area contributed by atoms with Gasteiger partial charge in [-0.2, -0.15) is 0 Å². The van der Waals surface area contributed by atoms with Crippen LogP contribution in [0.4, 0.5) is 4.79 Å². The first-order valence-corrected chi connectivity index (χ1v) is 6.15. The van der Waals surface area contributed by atoms with Gasteiger partial charge >= 0.3 is 12.0 Å². The minimum absolute atomic E-state index is 0.410. The predicted molar refractivity (Wildman–Crippen MR) is 66.6 cm³/mol. The Morgan fingerprint density at radius 2 is 2.06 bits per heavy atom. The smallest absolute Gasteiger partial charge is 0.348 e.